The summed E-state index contributed by atoms with van der Waals surface area (Å²) in [6, 6.07) is 7.65. The molecular weight excluding hydrogens is 552 g/mol. The first-order valence-electron chi connectivity index (χ1n) is 12.8. The summed E-state index contributed by atoms with van der Waals surface area (Å²) >= 11 is 0. The number of halogens is 6. The molecule has 0 fully saturated rings. The summed E-state index contributed by atoms with van der Waals surface area (Å²) in [4.78, 5) is 13.3. The van der Waals surface area contributed by atoms with E-state index in [-0.39, 0.29) is 33.8 Å². The number of benzene rings is 2. The van der Waals surface area contributed by atoms with Crippen molar-refractivity contribution in [3.63, 3.8) is 0 Å². The molecule has 0 bridgehead atoms. The quantitative estimate of drug-likeness (QED) is 0.181. The average molecular weight is 578 g/mol. The molecule has 0 saturated carbocycles. The zero-order chi connectivity index (χ0) is 29.6. The number of amides is 1. The number of unbranched alkanes of at least 4 members (excludes halogenated alkanes) is 4. The predicted octanol–water partition coefficient (Wildman–Crippen LogP) is 6.15. The summed E-state index contributed by atoms with van der Waals surface area (Å²) < 4.78 is 89.2. The zero-order valence-corrected chi connectivity index (χ0v) is 21.8. The van der Waals surface area contributed by atoms with Gasteiger partial charge in [0.15, 0.2) is 5.54 Å². The van der Waals surface area contributed by atoms with Crippen molar-refractivity contribution in [2.24, 2.45) is 0 Å². The van der Waals surface area contributed by atoms with Crippen LogP contribution >= 0.6 is 0 Å². The van der Waals surface area contributed by atoms with Crippen molar-refractivity contribution < 1.29 is 35.9 Å². The molecule has 41 heavy (non-hydrogen) atoms. The molecule has 1 unspecified atom stereocenters. The molecule has 3 aromatic rings. The van der Waals surface area contributed by atoms with Crippen LogP contribution in [0.5, 0.6) is 5.75 Å². The maximum absolute atomic E-state index is 15.1. The minimum Gasteiger partial charge on any atom is -0.435 e. The number of aromatic nitrogens is 4. The smallest absolute Gasteiger partial charge is 0.416 e. The van der Waals surface area contributed by atoms with Crippen LogP contribution in [-0.2, 0) is 10.3 Å². The molecule has 1 aliphatic heterocycles. The first kappa shape index (κ1) is 29.6. The Morgan fingerprint density at radius 2 is 1.85 bits per heavy atom. The third-order valence-corrected chi connectivity index (χ3v) is 6.62. The highest BCUT2D eigenvalue weighted by Gasteiger charge is 2.60. The summed E-state index contributed by atoms with van der Waals surface area (Å²) in [5.41, 5.74) is -4.05. The Morgan fingerprint density at radius 3 is 2.46 bits per heavy atom. The summed E-state index contributed by atoms with van der Waals surface area (Å²) in [6.45, 7) is -1.05. The molecule has 1 aliphatic rings. The molecule has 1 aromatic heterocycles. The number of carbonyl (C=O) groups is 1. The van der Waals surface area contributed by atoms with E-state index in [9.17, 15) is 26.7 Å². The number of hydrogen-bond acceptors (Lipinski definition) is 5. The third-order valence-electron chi connectivity index (χ3n) is 6.62. The molecule has 4 rings (SSSR count). The van der Waals surface area contributed by atoms with Crippen molar-refractivity contribution in [3.05, 3.63) is 70.8 Å². The fraction of sp³-hybridized carbons (Fsp3) is 0.357. The van der Waals surface area contributed by atoms with E-state index in [1.54, 1.807) is 0 Å². The van der Waals surface area contributed by atoms with Crippen molar-refractivity contribution in [1.29, 1.82) is 0 Å². The molecule has 2 aromatic carbocycles. The number of hydrogen-bond donors (Lipinski definition) is 2. The van der Waals surface area contributed by atoms with Gasteiger partial charge in [-0.25, -0.2) is 4.39 Å². The lowest BCUT2D eigenvalue weighted by atomic mass is 9.76. The van der Waals surface area contributed by atoms with Crippen LogP contribution in [0, 0.1) is 17.7 Å². The second-order valence-corrected chi connectivity index (χ2v) is 9.33. The van der Waals surface area contributed by atoms with Gasteiger partial charge in [0, 0.05) is 12.8 Å². The fourth-order valence-corrected chi connectivity index (χ4v) is 4.57. The van der Waals surface area contributed by atoms with E-state index in [1.807, 2.05) is 5.32 Å². The van der Waals surface area contributed by atoms with Crippen molar-refractivity contribution >= 4 is 17.1 Å². The average Bonchev–Trinajstić information content (AvgIpc) is 3.45. The van der Waals surface area contributed by atoms with Crippen LogP contribution in [-0.4, -0.2) is 39.3 Å². The molecule has 0 spiro atoms. The fourth-order valence-electron chi connectivity index (χ4n) is 4.57. The van der Waals surface area contributed by atoms with E-state index < -0.39 is 42.0 Å². The van der Waals surface area contributed by atoms with E-state index in [0.29, 0.717) is 12.5 Å². The number of alkyl halides is 5. The van der Waals surface area contributed by atoms with Crippen LogP contribution in [0.4, 0.5) is 26.3 Å². The molecule has 7 nitrogen and oxygen atoms in total. The van der Waals surface area contributed by atoms with Crippen LogP contribution in [0.15, 0.2) is 42.5 Å². The summed E-state index contributed by atoms with van der Waals surface area (Å²) in [7, 11) is 0. The Morgan fingerprint density at radius 1 is 1.10 bits per heavy atom. The van der Waals surface area contributed by atoms with Crippen LogP contribution in [0.2, 0.25) is 0 Å². The Kier molecular flexibility index (Phi) is 9.00. The van der Waals surface area contributed by atoms with Gasteiger partial charge in [0.1, 0.15) is 11.6 Å². The maximum atomic E-state index is 15.1. The second kappa shape index (κ2) is 12.4. The summed E-state index contributed by atoms with van der Waals surface area (Å²) in [5.74, 6) is 2.83. The van der Waals surface area contributed by atoms with Gasteiger partial charge in [-0.1, -0.05) is 56.2 Å². The van der Waals surface area contributed by atoms with Crippen LogP contribution in [0.1, 0.15) is 68.0 Å². The van der Waals surface area contributed by atoms with Crippen molar-refractivity contribution in [1.82, 2.24) is 25.9 Å². The van der Waals surface area contributed by atoms with Crippen molar-refractivity contribution in [3.8, 4) is 17.6 Å². The molecular formula is C28H25F6N5O2. The lowest BCUT2D eigenvalue weighted by Gasteiger charge is -2.41. The molecule has 0 saturated heterocycles. The molecule has 0 aliphatic carbocycles. The number of nitrogens with one attached hydrogen (secondary N) is 2. The Bertz CT molecular complexity index is 1460. The van der Waals surface area contributed by atoms with E-state index in [4.69, 9.17) is 0 Å². The summed E-state index contributed by atoms with van der Waals surface area (Å²) in [5, 5.41) is 15.0. The lowest BCUT2D eigenvalue weighted by molar-refractivity contribution is -0.201. The number of nitrogens with zero attached hydrogens (tertiary/aromatic N) is 3. The number of carbonyl (C=O) groups excluding carboxylic acids is 1. The molecule has 1 atom stereocenters. The van der Waals surface area contributed by atoms with Gasteiger partial charge in [0.05, 0.1) is 11.1 Å². The van der Waals surface area contributed by atoms with Crippen LogP contribution < -0.4 is 10.1 Å². The van der Waals surface area contributed by atoms with Gasteiger partial charge in [0.25, 0.3) is 5.91 Å². The van der Waals surface area contributed by atoms with E-state index >= 15 is 4.39 Å². The van der Waals surface area contributed by atoms with Crippen molar-refractivity contribution in [2.45, 2.75) is 63.8 Å². The molecule has 2 N–H and O–H groups in total. The molecule has 13 heteroatoms. The molecule has 0 radical (unpaired) electrons. The summed E-state index contributed by atoms with van der Waals surface area (Å²) in [6.07, 6.45) is -1.54. The second-order valence-electron chi connectivity index (χ2n) is 9.33. The lowest BCUT2D eigenvalue weighted by Crippen LogP contribution is -2.58. The van der Waals surface area contributed by atoms with E-state index in [2.05, 4.69) is 44.1 Å². The topological polar surface area (TPSA) is 92.8 Å². The van der Waals surface area contributed by atoms with Gasteiger partial charge in [-0.2, -0.15) is 27.2 Å². The van der Waals surface area contributed by atoms with Gasteiger partial charge < -0.3 is 10.1 Å². The first-order valence-corrected chi connectivity index (χ1v) is 12.8. The standard InChI is InChI=1S/C28H25F6N5O2/c1-2-3-4-5-6-7-8-18-9-12-19(15-22(18)29)27(28(32,33)34)16-21(17-10-13-20(14-11-17)41-26(30)31)23(25(40)35-27)24-36-38-39-37-24/h9-15,26H,2-6,16H2,1H3,(H,35,40)(H,36,37,38,39). The van der Waals surface area contributed by atoms with Gasteiger partial charge in [-0.3, -0.25) is 4.79 Å². The minimum absolute atomic E-state index is 0.0680. The first-order chi connectivity index (χ1) is 19.6. The maximum Gasteiger partial charge on any atom is 0.416 e. The number of rotatable bonds is 9. The third kappa shape index (κ3) is 6.53. The highest BCUT2D eigenvalue weighted by Crippen LogP contribution is 2.49. The van der Waals surface area contributed by atoms with Gasteiger partial charge >= 0.3 is 12.8 Å². The Labute approximate surface area is 231 Å². The molecule has 2 heterocycles. The minimum atomic E-state index is -5.09. The number of tetrazole rings is 1. The molecule has 216 valence electrons. The largest absolute Gasteiger partial charge is 0.435 e. The van der Waals surface area contributed by atoms with E-state index in [1.165, 1.54) is 12.1 Å². The number of H-pyrrole nitrogens is 1. The zero-order valence-electron chi connectivity index (χ0n) is 21.8. The van der Waals surface area contributed by atoms with E-state index in [0.717, 1.165) is 49.9 Å². The normalized spacial score (nSPS) is 17.3. The van der Waals surface area contributed by atoms with Gasteiger partial charge in [0.2, 0.25) is 5.82 Å². The predicted molar refractivity (Wildman–Crippen MR) is 137 cm³/mol. The van der Waals surface area contributed by atoms with Gasteiger partial charge in [-0.15, -0.1) is 10.2 Å². The Balaban J connectivity index is 1.76. The highest BCUT2D eigenvalue weighted by molar-refractivity contribution is 6.27. The van der Waals surface area contributed by atoms with Crippen molar-refractivity contribution in [2.75, 3.05) is 0 Å². The van der Waals surface area contributed by atoms with Crippen LogP contribution in [0.25, 0.3) is 11.1 Å². The number of aromatic amines is 1. The monoisotopic (exact) mass is 577 g/mol. The Hall–Kier alpha value is -4.34. The van der Waals surface area contributed by atoms with Crippen LogP contribution in [0.3, 0.4) is 0 Å². The SMILES string of the molecule is CCCCCCC#Cc1ccc(C2(C(F)(F)F)CC(c3ccc(OC(F)F)cc3)=C(c3nn[nH]n3)C(=O)N2)cc1F. The highest BCUT2D eigenvalue weighted by atomic mass is 19.4. The molecule has 1 amide bonds. The number of ether oxygens (including phenoxy) is 1. The van der Waals surface area contributed by atoms with Gasteiger partial charge in [-0.05, 0) is 52.6 Å².